The van der Waals surface area contributed by atoms with Crippen LogP contribution in [-0.4, -0.2) is 77.4 Å². The molecule has 1 aliphatic carbocycles. The summed E-state index contributed by atoms with van der Waals surface area (Å²) in [4.78, 5) is 19.0. The van der Waals surface area contributed by atoms with Crippen LogP contribution in [0.25, 0.3) is 32.9 Å². The summed E-state index contributed by atoms with van der Waals surface area (Å²) in [6, 6.07) is 5.76. The number of piperazine rings is 1. The monoisotopic (exact) mass is 612 g/mol. The van der Waals surface area contributed by atoms with E-state index in [0.29, 0.717) is 53.8 Å². The quantitative estimate of drug-likeness (QED) is 0.255. The first-order valence-corrected chi connectivity index (χ1v) is 16.0. The van der Waals surface area contributed by atoms with E-state index in [1.807, 2.05) is 6.92 Å². The van der Waals surface area contributed by atoms with Crippen molar-refractivity contribution in [2.45, 2.75) is 45.4 Å². The van der Waals surface area contributed by atoms with Crippen molar-refractivity contribution in [1.29, 1.82) is 0 Å². The Bertz CT molecular complexity index is 1810. The van der Waals surface area contributed by atoms with Crippen LogP contribution in [-0.2, 0) is 6.42 Å². The maximum Gasteiger partial charge on any atom is 0.319 e. The summed E-state index contributed by atoms with van der Waals surface area (Å²) in [5.41, 5.74) is 0.888. The fourth-order valence-corrected chi connectivity index (χ4v) is 6.90. The third kappa shape index (κ3) is 5.64. The summed E-state index contributed by atoms with van der Waals surface area (Å²) < 4.78 is 38.1. The van der Waals surface area contributed by atoms with Gasteiger partial charge in [-0.15, -0.1) is 6.42 Å². The molecule has 10 heteroatoms. The van der Waals surface area contributed by atoms with E-state index in [2.05, 4.69) is 26.0 Å². The number of hydrogen-bond donors (Lipinski definition) is 2. The second-order valence-corrected chi connectivity index (χ2v) is 12.6. The number of phenols is 1. The first-order chi connectivity index (χ1) is 21.9. The van der Waals surface area contributed by atoms with Gasteiger partial charge in [0.15, 0.2) is 5.82 Å². The smallest absolute Gasteiger partial charge is 0.319 e. The first-order valence-electron chi connectivity index (χ1n) is 16.0. The Kier molecular flexibility index (Phi) is 7.92. The minimum absolute atomic E-state index is 0.0153. The SMILES string of the molecule is C#Cc1c(F)ccc2cc(O)cc(-c3nc(CC)c4c(N5CCNCC5)nc(OCC5(CN6CCCCC6)CC5)nc4c3F)c12. The average Bonchev–Trinajstić information content (AvgIpc) is 3.83. The Morgan fingerprint density at radius 1 is 1.02 bits per heavy atom. The fourth-order valence-electron chi connectivity index (χ4n) is 6.90. The van der Waals surface area contributed by atoms with E-state index in [-0.39, 0.29) is 39.5 Å². The summed E-state index contributed by atoms with van der Waals surface area (Å²) in [7, 11) is 0. The van der Waals surface area contributed by atoms with Crippen LogP contribution in [0, 0.1) is 29.4 Å². The molecule has 4 heterocycles. The van der Waals surface area contributed by atoms with Gasteiger partial charge in [0.1, 0.15) is 28.6 Å². The lowest BCUT2D eigenvalue weighted by Gasteiger charge is -2.31. The van der Waals surface area contributed by atoms with Crippen molar-refractivity contribution in [3.05, 3.63) is 47.2 Å². The molecule has 0 amide bonds. The number of nitrogens with zero attached hydrogens (tertiary/aromatic N) is 5. The highest BCUT2D eigenvalue weighted by molar-refractivity contribution is 6.03. The number of rotatable bonds is 8. The number of nitrogens with one attached hydrogen (secondary N) is 1. The molecular weight excluding hydrogens is 574 g/mol. The number of phenolic OH excluding ortho intramolecular Hbond substituents is 1. The largest absolute Gasteiger partial charge is 0.508 e. The Balaban J connectivity index is 1.37. The van der Waals surface area contributed by atoms with Gasteiger partial charge in [-0.2, -0.15) is 9.97 Å². The molecule has 2 aliphatic heterocycles. The number of aromatic hydroxyl groups is 1. The number of pyridine rings is 1. The number of aromatic nitrogens is 3. The zero-order valence-corrected chi connectivity index (χ0v) is 25.6. The highest BCUT2D eigenvalue weighted by Gasteiger charge is 2.45. The Morgan fingerprint density at radius 3 is 2.51 bits per heavy atom. The molecule has 8 nitrogen and oxygen atoms in total. The first kappa shape index (κ1) is 29.6. The number of hydrogen-bond acceptors (Lipinski definition) is 8. The van der Waals surface area contributed by atoms with Crippen LogP contribution in [0.15, 0.2) is 24.3 Å². The topological polar surface area (TPSA) is 86.6 Å². The van der Waals surface area contributed by atoms with Gasteiger partial charge in [0.05, 0.1) is 23.3 Å². The minimum Gasteiger partial charge on any atom is -0.508 e. The predicted molar refractivity (Wildman–Crippen MR) is 172 cm³/mol. The van der Waals surface area contributed by atoms with Crippen LogP contribution < -0.4 is 15.0 Å². The second-order valence-electron chi connectivity index (χ2n) is 12.6. The van der Waals surface area contributed by atoms with Crippen LogP contribution in [0.2, 0.25) is 0 Å². The van der Waals surface area contributed by atoms with E-state index in [1.54, 1.807) is 0 Å². The molecule has 2 N–H and O–H groups in total. The normalized spacial score (nSPS) is 18.3. The van der Waals surface area contributed by atoms with Gasteiger partial charge < -0.3 is 25.0 Å². The van der Waals surface area contributed by atoms with Gasteiger partial charge in [-0.3, -0.25) is 0 Å². The summed E-state index contributed by atoms with van der Waals surface area (Å²) in [5.74, 6) is 1.60. The minimum atomic E-state index is -0.695. The van der Waals surface area contributed by atoms with Crippen LogP contribution in [0.3, 0.4) is 0 Å². The molecule has 0 unspecified atom stereocenters. The Hall–Kier alpha value is -4.07. The molecule has 2 saturated heterocycles. The number of piperidine rings is 1. The molecule has 3 aliphatic rings. The van der Waals surface area contributed by atoms with Gasteiger partial charge in [0.25, 0.3) is 0 Å². The van der Waals surface area contributed by atoms with Gasteiger partial charge in [0.2, 0.25) is 0 Å². The molecule has 2 aromatic carbocycles. The van der Waals surface area contributed by atoms with Gasteiger partial charge in [-0.05, 0) is 68.8 Å². The lowest BCUT2D eigenvalue weighted by molar-refractivity contribution is 0.139. The standard InChI is InChI=1S/C35H38F2N6O2/c1-3-24-26(36)9-8-22-18-23(44)19-25(28(22)24)31-30(37)32-29(27(4-2)39-31)33(43-16-12-38-13-17-43)41-34(40-32)45-21-35(10-11-35)20-42-14-6-5-7-15-42/h1,8-9,18-19,38,44H,4-7,10-17,20-21H2,2H3. The molecule has 7 rings (SSSR count). The van der Waals surface area contributed by atoms with Gasteiger partial charge in [-0.25, -0.2) is 13.8 Å². The van der Waals surface area contributed by atoms with E-state index >= 15 is 4.39 Å². The van der Waals surface area contributed by atoms with Crippen molar-refractivity contribution in [2.24, 2.45) is 5.41 Å². The molecule has 3 fully saturated rings. The van der Waals surface area contributed by atoms with Crippen LogP contribution in [0.1, 0.15) is 50.3 Å². The van der Waals surface area contributed by atoms with Gasteiger partial charge in [0, 0.05) is 49.1 Å². The number of likely N-dealkylation sites (tertiary alicyclic amines) is 1. The third-order valence-corrected chi connectivity index (χ3v) is 9.50. The molecule has 2 aromatic heterocycles. The highest BCUT2D eigenvalue weighted by Crippen LogP contribution is 2.47. The molecule has 0 radical (unpaired) electrons. The van der Waals surface area contributed by atoms with E-state index < -0.39 is 11.6 Å². The number of anilines is 1. The number of fused-ring (bicyclic) bond motifs is 2. The number of benzene rings is 2. The van der Waals surface area contributed by atoms with Gasteiger partial charge in [-0.1, -0.05) is 25.3 Å². The lowest BCUT2D eigenvalue weighted by atomic mass is 9.95. The van der Waals surface area contributed by atoms with Crippen molar-refractivity contribution in [2.75, 3.05) is 57.3 Å². The van der Waals surface area contributed by atoms with E-state index in [1.165, 1.54) is 43.5 Å². The molecule has 234 valence electrons. The van der Waals surface area contributed by atoms with E-state index in [4.69, 9.17) is 21.1 Å². The van der Waals surface area contributed by atoms with Crippen LogP contribution >= 0.6 is 0 Å². The van der Waals surface area contributed by atoms with Crippen molar-refractivity contribution in [3.8, 4) is 35.4 Å². The molecule has 4 aromatic rings. The van der Waals surface area contributed by atoms with E-state index in [9.17, 15) is 9.50 Å². The number of aryl methyl sites for hydroxylation is 1. The fraction of sp³-hybridized carbons (Fsp3) is 0.457. The molecule has 0 atom stereocenters. The zero-order chi connectivity index (χ0) is 31.1. The Labute approximate surface area is 261 Å². The number of halogens is 2. The molecule has 1 saturated carbocycles. The average molecular weight is 613 g/mol. The summed E-state index contributed by atoms with van der Waals surface area (Å²) >= 11 is 0. The maximum absolute atomic E-state index is 16.9. The van der Waals surface area contributed by atoms with Crippen molar-refractivity contribution < 1.29 is 18.6 Å². The maximum atomic E-state index is 16.9. The zero-order valence-electron chi connectivity index (χ0n) is 25.6. The van der Waals surface area contributed by atoms with Crippen LogP contribution in [0.4, 0.5) is 14.6 Å². The molecular formula is C35H38F2N6O2. The lowest BCUT2D eigenvalue weighted by Crippen LogP contribution is -2.44. The third-order valence-electron chi connectivity index (χ3n) is 9.50. The molecule has 45 heavy (non-hydrogen) atoms. The van der Waals surface area contributed by atoms with Crippen molar-refractivity contribution >= 4 is 27.5 Å². The number of terminal acetylenes is 1. The predicted octanol–water partition coefficient (Wildman–Crippen LogP) is 5.43. The van der Waals surface area contributed by atoms with Crippen LogP contribution in [0.5, 0.6) is 11.8 Å². The summed E-state index contributed by atoms with van der Waals surface area (Å²) in [5, 5.41) is 15.3. The van der Waals surface area contributed by atoms with E-state index in [0.717, 1.165) is 45.6 Å². The highest BCUT2D eigenvalue weighted by atomic mass is 19.1. The summed E-state index contributed by atoms with van der Waals surface area (Å²) in [6.45, 7) is 8.58. The second kappa shape index (κ2) is 12.0. The summed E-state index contributed by atoms with van der Waals surface area (Å²) in [6.07, 6.45) is 12.1. The number of ether oxygens (including phenoxy) is 1. The Morgan fingerprint density at radius 2 is 1.80 bits per heavy atom. The van der Waals surface area contributed by atoms with Gasteiger partial charge >= 0.3 is 6.01 Å². The van der Waals surface area contributed by atoms with Crippen molar-refractivity contribution in [3.63, 3.8) is 0 Å². The molecule has 0 bridgehead atoms. The molecule has 0 spiro atoms. The van der Waals surface area contributed by atoms with Crippen molar-refractivity contribution in [1.82, 2.24) is 25.2 Å².